The van der Waals surface area contributed by atoms with Crippen molar-refractivity contribution in [3.05, 3.63) is 59.7 Å². The fraction of sp³-hybridized carbons (Fsp3) is 0.143. The van der Waals surface area contributed by atoms with Crippen molar-refractivity contribution in [2.45, 2.75) is 13.8 Å². The molecule has 0 atom stereocenters. The molecule has 16 heavy (non-hydrogen) atoms. The molecule has 0 spiro atoms. The van der Waals surface area contributed by atoms with Crippen LogP contribution in [0.5, 0.6) is 11.5 Å². The Morgan fingerprint density at radius 3 is 1.38 bits per heavy atom. The van der Waals surface area contributed by atoms with E-state index in [9.17, 15) is 0 Å². The van der Waals surface area contributed by atoms with Crippen molar-refractivity contribution in [2.24, 2.45) is 0 Å². The Morgan fingerprint density at radius 1 is 0.688 bits per heavy atom. The standard InChI is InChI=1S/C8H10.C6H6O2/c1-7-5-3-4-6-8(7)2;7-5-2-1-3-6(8)4-5/h3-6H,1-2H3;1-4,7-8H. The monoisotopic (exact) mass is 216 g/mol. The highest BCUT2D eigenvalue weighted by Crippen LogP contribution is 2.14. The highest BCUT2D eigenvalue weighted by atomic mass is 16.3. The predicted molar refractivity (Wildman–Crippen MR) is 65.7 cm³/mol. The number of aromatic hydroxyl groups is 2. The van der Waals surface area contributed by atoms with E-state index in [1.165, 1.54) is 29.3 Å². The Morgan fingerprint density at radius 2 is 1.12 bits per heavy atom. The minimum absolute atomic E-state index is 0.0880. The largest absolute Gasteiger partial charge is 0.508 e. The fourth-order valence-electron chi connectivity index (χ4n) is 1.16. The average Bonchev–Trinajstić information content (AvgIpc) is 2.23. The first kappa shape index (κ1) is 12.1. The summed E-state index contributed by atoms with van der Waals surface area (Å²) < 4.78 is 0. The molecule has 0 amide bonds. The highest BCUT2D eigenvalue weighted by Gasteiger charge is 1.85. The zero-order valence-corrected chi connectivity index (χ0v) is 9.51. The first-order valence-electron chi connectivity index (χ1n) is 5.10. The van der Waals surface area contributed by atoms with Crippen LogP contribution in [0.2, 0.25) is 0 Å². The summed E-state index contributed by atoms with van der Waals surface area (Å²) in [7, 11) is 0. The van der Waals surface area contributed by atoms with Crippen LogP contribution in [0, 0.1) is 13.8 Å². The Hall–Kier alpha value is -1.96. The fourth-order valence-corrected chi connectivity index (χ4v) is 1.16. The topological polar surface area (TPSA) is 40.5 Å². The molecule has 0 radical (unpaired) electrons. The molecule has 2 rings (SSSR count). The number of hydrogen-bond donors (Lipinski definition) is 2. The van der Waals surface area contributed by atoms with Gasteiger partial charge in [0.05, 0.1) is 0 Å². The molecular weight excluding hydrogens is 200 g/mol. The third-order valence-corrected chi connectivity index (χ3v) is 2.26. The SMILES string of the molecule is Cc1ccccc1C.Oc1cccc(O)c1. The number of phenols is 2. The molecular formula is C14H16O2. The van der Waals surface area contributed by atoms with E-state index in [2.05, 4.69) is 38.1 Å². The van der Waals surface area contributed by atoms with Gasteiger partial charge in [-0.25, -0.2) is 0 Å². The molecule has 2 N–H and O–H groups in total. The molecule has 2 nitrogen and oxygen atoms in total. The maximum Gasteiger partial charge on any atom is 0.119 e. The van der Waals surface area contributed by atoms with Crippen LogP contribution in [-0.2, 0) is 0 Å². The summed E-state index contributed by atoms with van der Waals surface area (Å²) in [5.41, 5.74) is 2.74. The maximum absolute atomic E-state index is 8.65. The number of aryl methyl sites for hydroxylation is 2. The second kappa shape index (κ2) is 5.81. The lowest BCUT2D eigenvalue weighted by Gasteiger charge is -1.93. The summed E-state index contributed by atoms with van der Waals surface area (Å²) in [5, 5.41) is 17.3. The summed E-state index contributed by atoms with van der Waals surface area (Å²) in [4.78, 5) is 0. The van der Waals surface area contributed by atoms with Gasteiger partial charge in [-0.05, 0) is 37.1 Å². The van der Waals surface area contributed by atoms with E-state index in [1.807, 2.05) is 0 Å². The maximum atomic E-state index is 8.65. The van der Waals surface area contributed by atoms with Gasteiger partial charge in [0.25, 0.3) is 0 Å². The van der Waals surface area contributed by atoms with Crippen LogP contribution >= 0.6 is 0 Å². The van der Waals surface area contributed by atoms with Gasteiger partial charge < -0.3 is 10.2 Å². The third kappa shape index (κ3) is 4.05. The molecule has 0 aliphatic carbocycles. The molecule has 2 heteroatoms. The molecule has 2 aromatic rings. The van der Waals surface area contributed by atoms with E-state index in [1.54, 1.807) is 6.07 Å². The smallest absolute Gasteiger partial charge is 0.119 e. The Kier molecular flexibility index (Phi) is 4.40. The highest BCUT2D eigenvalue weighted by molar-refractivity contribution is 5.30. The summed E-state index contributed by atoms with van der Waals surface area (Å²) in [6.07, 6.45) is 0. The van der Waals surface area contributed by atoms with Crippen molar-refractivity contribution in [3.8, 4) is 11.5 Å². The molecule has 0 aliphatic heterocycles. The lowest BCUT2D eigenvalue weighted by Crippen LogP contribution is -1.74. The summed E-state index contributed by atoms with van der Waals surface area (Å²) >= 11 is 0. The van der Waals surface area contributed by atoms with Gasteiger partial charge >= 0.3 is 0 Å². The second-order valence-electron chi connectivity index (χ2n) is 3.60. The average molecular weight is 216 g/mol. The molecule has 2 aromatic carbocycles. The molecule has 0 bridgehead atoms. The Balaban J connectivity index is 0.000000160. The van der Waals surface area contributed by atoms with Crippen molar-refractivity contribution in [3.63, 3.8) is 0 Å². The summed E-state index contributed by atoms with van der Waals surface area (Å²) in [6.45, 7) is 4.24. The molecule has 0 aliphatic rings. The van der Waals surface area contributed by atoms with E-state index in [0.717, 1.165) is 0 Å². The zero-order chi connectivity index (χ0) is 12.0. The van der Waals surface area contributed by atoms with E-state index >= 15 is 0 Å². The van der Waals surface area contributed by atoms with E-state index in [0.29, 0.717) is 0 Å². The quantitative estimate of drug-likeness (QED) is 0.708. The first-order chi connectivity index (χ1) is 7.59. The van der Waals surface area contributed by atoms with Crippen LogP contribution in [0.3, 0.4) is 0 Å². The molecule has 0 heterocycles. The normalized spacial score (nSPS) is 9.12. The summed E-state index contributed by atoms with van der Waals surface area (Å²) in [5.74, 6) is 0.176. The molecule has 0 unspecified atom stereocenters. The van der Waals surface area contributed by atoms with Crippen molar-refractivity contribution in [1.82, 2.24) is 0 Å². The number of hydrogen-bond acceptors (Lipinski definition) is 2. The van der Waals surface area contributed by atoms with Gasteiger partial charge in [-0.2, -0.15) is 0 Å². The second-order valence-corrected chi connectivity index (χ2v) is 3.60. The Bertz CT molecular complexity index is 412. The van der Waals surface area contributed by atoms with Crippen molar-refractivity contribution < 1.29 is 10.2 Å². The van der Waals surface area contributed by atoms with Gasteiger partial charge in [-0.15, -0.1) is 0 Å². The zero-order valence-electron chi connectivity index (χ0n) is 9.51. The van der Waals surface area contributed by atoms with E-state index in [4.69, 9.17) is 10.2 Å². The van der Waals surface area contributed by atoms with E-state index < -0.39 is 0 Å². The van der Waals surface area contributed by atoms with Crippen LogP contribution in [0.15, 0.2) is 48.5 Å². The van der Waals surface area contributed by atoms with Gasteiger partial charge in [0.15, 0.2) is 0 Å². The van der Waals surface area contributed by atoms with Gasteiger partial charge in [0.1, 0.15) is 11.5 Å². The van der Waals surface area contributed by atoms with Crippen LogP contribution in [0.4, 0.5) is 0 Å². The number of benzene rings is 2. The van der Waals surface area contributed by atoms with Crippen LogP contribution < -0.4 is 0 Å². The molecule has 0 saturated carbocycles. The molecule has 0 saturated heterocycles. The van der Waals surface area contributed by atoms with Crippen molar-refractivity contribution in [1.29, 1.82) is 0 Å². The van der Waals surface area contributed by atoms with Crippen LogP contribution in [0.1, 0.15) is 11.1 Å². The third-order valence-electron chi connectivity index (χ3n) is 2.26. The minimum Gasteiger partial charge on any atom is -0.508 e. The van der Waals surface area contributed by atoms with Gasteiger partial charge in [-0.3, -0.25) is 0 Å². The lowest BCUT2D eigenvalue weighted by molar-refractivity contribution is 0.450. The Labute approximate surface area is 95.8 Å². The van der Waals surface area contributed by atoms with Gasteiger partial charge in [0.2, 0.25) is 0 Å². The number of phenolic OH excluding ortho intramolecular Hbond substituents is 2. The molecule has 84 valence electrons. The first-order valence-corrected chi connectivity index (χ1v) is 5.10. The van der Waals surface area contributed by atoms with Gasteiger partial charge in [-0.1, -0.05) is 30.3 Å². The lowest BCUT2D eigenvalue weighted by atomic mass is 10.1. The summed E-state index contributed by atoms with van der Waals surface area (Å²) in [6, 6.07) is 14.2. The van der Waals surface area contributed by atoms with Crippen molar-refractivity contribution in [2.75, 3.05) is 0 Å². The minimum atomic E-state index is 0.0880. The van der Waals surface area contributed by atoms with Crippen molar-refractivity contribution >= 4 is 0 Å². The van der Waals surface area contributed by atoms with Crippen LogP contribution in [-0.4, -0.2) is 10.2 Å². The van der Waals surface area contributed by atoms with E-state index in [-0.39, 0.29) is 11.5 Å². The van der Waals surface area contributed by atoms with Crippen LogP contribution in [0.25, 0.3) is 0 Å². The number of rotatable bonds is 0. The predicted octanol–water partition coefficient (Wildman–Crippen LogP) is 3.40. The molecule has 0 aromatic heterocycles. The molecule has 0 fully saturated rings. The van der Waals surface area contributed by atoms with Gasteiger partial charge in [0, 0.05) is 6.07 Å².